The first-order valence-corrected chi connectivity index (χ1v) is 7.55. The van der Waals surface area contributed by atoms with Crippen LogP contribution in [-0.2, 0) is 0 Å². The van der Waals surface area contributed by atoms with E-state index in [9.17, 15) is 4.79 Å². The summed E-state index contributed by atoms with van der Waals surface area (Å²) in [6.45, 7) is 1.95. The van der Waals surface area contributed by atoms with Gasteiger partial charge in [0, 0.05) is 17.1 Å². The van der Waals surface area contributed by atoms with Crippen molar-refractivity contribution >= 4 is 44.7 Å². The number of thiocarbonyl (C=S) groups is 1. The molecule has 2 rings (SSSR count). The maximum absolute atomic E-state index is 12.7. The molecule has 0 aromatic heterocycles. The lowest BCUT2D eigenvalue weighted by atomic mass is 10.1. The normalized spacial score (nSPS) is 10.2. The number of nitrogens with zero attached hydrogens (tertiary/aromatic N) is 1. The zero-order valence-corrected chi connectivity index (χ0v) is 14.2. The summed E-state index contributed by atoms with van der Waals surface area (Å²) in [6, 6.07) is 12.9. The van der Waals surface area contributed by atoms with E-state index in [1.165, 1.54) is 0 Å². The number of para-hydroxylation sites is 1. The Kier molecular flexibility index (Phi) is 4.75. The zero-order valence-electron chi connectivity index (χ0n) is 11.8. The second-order valence-corrected chi connectivity index (χ2v) is 5.91. The summed E-state index contributed by atoms with van der Waals surface area (Å²) in [5, 5.41) is 0. The maximum Gasteiger partial charge on any atom is 0.259 e. The Morgan fingerprint density at radius 3 is 2.43 bits per heavy atom. The number of halogens is 1. The molecule has 0 spiro atoms. The number of amides is 1. The van der Waals surface area contributed by atoms with Gasteiger partial charge in [0.25, 0.3) is 5.91 Å². The second kappa shape index (κ2) is 6.37. The molecule has 0 aliphatic rings. The van der Waals surface area contributed by atoms with E-state index in [2.05, 4.69) is 15.9 Å². The highest BCUT2D eigenvalue weighted by atomic mass is 79.9. The number of hydrogen-bond donors (Lipinski definition) is 1. The first kappa shape index (κ1) is 15.7. The van der Waals surface area contributed by atoms with E-state index >= 15 is 0 Å². The molecule has 0 fully saturated rings. The molecule has 0 aliphatic carbocycles. The van der Waals surface area contributed by atoms with Crippen LogP contribution >= 0.6 is 28.1 Å². The molecule has 2 aromatic carbocycles. The van der Waals surface area contributed by atoms with Gasteiger partial charge in [-0.25, -0.2) is 0 Å². The summed E-state index contributed by atoms with van der Waals surface area (Å²) in [6.07, 6.45) is 0. The van der Waals surface area contributed by atoms with Crippen LogP contribution in [0.3, 0.4) is 0 Å². The molecule has 0 saturated carbocycles. The van der Waals surface area contributed by atoms with Gasteiger partial charge in [0.15, 0.2) is 0 Å². The van der Waals surface area contributed by atoms with Crippen LogP contribution in [0.1, 0.15) is 21.5 Å². The van der Waals surface area contributed by atoms with Crippen molar-refractivity contribution in [1.29, 1.82) is 0 Å². The molecule has 0 atom stereocenters. The van der Waals surface area contributed by atoms with E-state index in [1.54, 1.807) is 18.0 Å². The summed E-state index contributed by atoms with van der Waals surface area (Å²) >= 11 is 8.52. The number of nitrogens with two attached hydrogens (primary N) is 1. The largest absolute Gasteiger partial charge is 0.389 e. The molecule has 1 amide bonds. The fraction of sp³-hybridized carbons (Fsp3) is 0.125. The highest BCUT2D eigenvalue weighted by Crippen LogP contribution is 2.26. The quantitative estimate of drug-likeness (QED) is 0.847. The van der Waals surface area contributed by atoms with Crippen LogP contribution < -0.4 is 10.6 Å². The second-order valence-electron chi connectivity index (χ2n) is 4.68. The van der Waals surface area contributed by atoms with Gasteiger partial charge < -0.3 is 10.6 Å². The van der Waals surface area contributed by atoms with Crippen LogP contribution in [0.5, 0.6) is 0 Å². The van der Waals surface area contributed by atoms with Gasteiger partial charge in [0.05, 0.1) is 11.3 Å². The number of hydrogen-bond acceptors (Lipinski definition) is 2. The predicted octanol–water partition coefficient (Wildman–Crippen LogP) is 3.67. The van der Waals surface area contributed by atoms with Gasteiger partial charge in [-0.2, -0.15) is 0 Å². The van der Waals surface area contributed by atoms with Crippen molar-refractivity contribution in [2.24, 2.45) is 5.73 Å². The Labute approximate surface area is 137 Å². The van der Waals surface area contributed by atoms with Crippen molar-refractivity contribution in [1.82, 2.24) is 0 Å². The van der Waals surface area contributed by atoms with Gasteiger partial charge in [-0.1, -0.05) is 36.5 Å². The number of anilines is 1. The van der Waals surface area contributed by atoms with E-state index in [0.29, 0.717) is 16.8 Å². The summed E-state index contributed by atoms with van der Waals surface area (Å²) in [4.78, 5) is 14.5. The number of rotatable bonds is 3. The molecule has 2 N–H and O–H groups in total. The van der Waals surface area contributed by atoms with Crippen LogP contribution in [0, 0.1) is 6.92 Å². The van der Waals surface area contributed by atoms with Gasteiger partial charge in [0.2, 0.25) is 0 Å². The van der Waals surface area contributed by atoms with Gasteiger partial charge in [-0.15, -0.1) is 0 Å². The van der Waals surface area contributed by atoms with E-state index < -0.39 is 0 Å². The molecular weight excluding hydrogens is 348 g/mol. The molecule has 0 radical (unpaired) electrons. The van der Waals surface area contributed by atoms with Crippen molar-refractivity contribution in [3.05, 3.63) is 63.6 Å². The van der Waals surface area contributed by atoms with Crippen LogP contribution in [0.2, 0.25) is 0 Å². The Morgan fingerprint density at radius 2 is 1.76 bits per heavy atom. The van der Waals surface area contributed by atoms with Crippen molar-refractivity contribution in [3.8, 4) is 0 Å². The Balaban J connectivity index is 2.45. The number of carbonyl (C=O) groups is 1. The third kappa shape index (κ3) is 3.14. The fourth-order valence-corrected chi connectivity index (χ4v) is 2.68. The first-order valence-electron chi connectivity index (χ1n) is 6.35. The van der Waals surface area contributed by atoms with Gasteiger partial charge in [-0.05, 0) is 46.6 Å². The van der Waals surface area contributed by atoms with Gasteiger partial charge in [0.1, 0.15) is 4.99 Å². The molecule has 0 heterocycles. The minimum absolute atomic E-state index is 0.116. The molecule has 0 bridgehead atoms. The van der Waals surface area contributed by atoms with Crippen LogP contribution in [0.15, 0.2) is 46.9 Å². The highest BCUT2D eigenvalue weighted by molar-refractivity contribution is 9.10. The highest BCUT2D eigenvalue weighted by Gasteiger charge is 2.19. The molecule has 0 aliphatic heterocycles. The minimum Gasteiger partial charge on any atom is -0.389 e. The van der Waals surface area contributed by atoms with Crippen LogP contribution in [0.4, 0.5) is 5.69 Å². The average Bonchev–Trinajstić information content (AvgIpc) is 2.48. The lowest BCUT2D eigenvalue weighted by Gasteiger charge is -2.21. The summed E-state index contributed by atoms with van der Waals surface area (Å²) < 4.78 is 0.801. The summed E-state index contributed by atoms with van der Waals surface area (Å²) in [5.74, 6) is -0.116. The van der Waals surface area contributed by atoms with E-state index in [-0.39, 0.29) is 10.9 Å². The first-order chi connectivity index (χ1) is 9.93. The van der Waals surface area contributed by atoms with E-state index in [0.717, 1.165) is 10.0 Å². The number of aryl methyl sites for hydroxylation is 1. The third-order valence-electron chi connectivity index (χ3n) is 3.26. The summed E-state index contributed by atoms with van der Waals surface area (Å²) in [7, 11) is 1.72. The molecule has 5 heteroatoms. The number of benzene rings is 2. The van der Waals surface area contributed by atoms with Crippen LogP contribution in [0.25, 0.3) is 0 Å². The summed E-state index contributed by atoms with van der Waals surface area (Å²) in [5.41, 5.74) is 8.73. The predicted molar refractivity (Wildman–Crippen MR) is 93.9 cm³/mol. The molecule has 0 saturated heterocycles. The molecule has 21 heavy (non-hydrogen) atoms. The topological polar surface area (TPSA) is 46.3 Å². The Morgan fingerprint density at radius 1 is 1.14 bits per heavy atom. The average molecular weight is 363 g/mol. The molecule has 2 aromatic rings. The lowest BCUT2D eigenvalue weighted by molar-refractivity contribution is 0.0992. The fourth-order valence-electron chi connectivity index (χ4n) is 2.08. The monoisotopic (exact) mass is 362 g/mol. The van der Waals surface area contributed by atoms with Gasteiger partial charge >= 0.3 is 0 Å². The standard InChI is InChI=1S/C16H15BrN2OS/c1-10-6-5-8-12(14(10)17)16(20)19(2)13-9-4-3-7-11(13)15(18)21/h3-9H,1-2H3,(H2,18,21). The third-order valence-corrected chi connectivity index (χ3v) is 4.53. The van der Waals surface area contributed by atoms with Crippen molar-refractivity contribution in [2.75, 3.05) is 11.9 Å². The number of carbonyl (C=O) groups excluding carboxylic acids is 1. The SMILES string of the molecule is Cc1cccc(C(=O)N(C)c2ccccc2C(N)=S)c1Br. The minimum atomic E-state index is -0.116. The Hall–Kier alpha value is -1.72. The lowest BCUT2D eigenvalue weighted by Crippen LogP contribution is -2.29. The van der Waals surface area contributed by atoms with Crippen molar-refractivity contribution < 1.29 is 4.79 Å². The Bertz CT molecular complexity index is 715. The zero-order chi connectivity index (χ0) is 15.6. The maximum atomic E-state index is 12.7. The van der Waals surface area contributed by atoms with E-state index in [4.69, 9.17) is 18.0 Å². The van der Waals surface area contributed by atoms with Gasteiger partial charge in [-0.3, -0.25) is 4.79 Å². The van der Waals surface area contributed by atoms with Crippen LogP contribution in [-0.4, -0.2) is 17.9 Å². The van der Waals surface area contributed by atoms with Crippen molar-refractivity contribution in [3.63, 3.8) is 0 Å². The molecule has 108 valence electrons. The van der Waals surface area contributed by atoms with Crippen molar-refractivity contribution in [2.45, 2.75) is 6.92 Å². The molecular formula is C16H15BrN2OS. The molecule has 3 nitrogen and oxygen atoms in total. The smallest absolute Gasteiger partial charge is 0.259 e. The van der Waals surface area contributed by atoms with E-state index in [1.807, 2.05) is 43.3 Å². The molecule has 0 unspecified atom stereocenters.